The fraction of sp³-hybridized carbons (Fsp3) is 0.409. The molecule has 2 aromatic rings. The first-order valence-corrected chi connectivity index (χ1v) is 12.1. The number of aromatic nitrogens is 2. The van der Waals surface area contributed by atoms with Gasteiger partial charge in [0.15, 0.2) is 0 Å². The average Bonchev–Trinajstić information content (AvgIpc) is 3.33. The lowest BCUT2D eigenvalue weighted by Crippen LogP contribution is -2.57. The normalized spacial score (nSPS) is 13.4. The summed E-state index contributed by atoms with van der Waals surface area (Å²) < 4.78 is 0. The van der Waals surface area contributed by atoms with Gasteiger partial charge in [-0.2, -0.15) is 11.8 Å². The molecule has 0 aliphatic rings. The molecule has 1 heterocycles. The lowest BCUT2D eigenvalue weighted by Gasteiger charge is -2.24. The molecule has 0 aliphatic heterocycles. The van der Waals surface area contributed by atoms with Gasteiger partial charge >= 0.3 is 5.97 Å². The van der Waals surface area contributed by atoms with Gasteiger partial charge in [-0.05, 0) is 24.0 Å². The molecule has 0 fully saturated rings. The van der Waals surface area contributed by atoms with Crippen LogP contribution in [0.25, 0.3) is 0 Å². The Kier molecular flexibility index (Phi) is 11.1. The first kappa shape index (κ1) is 26.9. The van der Waals surface area contributed by atoms with E-state index in [0.717, 1.165) is 5.56 Å². The van der Waals surface area contributed by atoms with Crippen LogP contribution in [0.15, 0.2) is 42.9 Å². The summed E-state index contributed by atoms with van der Waals surface area (Å²) in [6, 6.07) is 6.25. The number of carbonyl (C=O) groups excluding carboxylic acids is 3. The van der Waals surface area contributed by atoms with Gasteiger partial charge in [-0.3, -0.25) is 19.2 Å². The highest BCUT2D eigenvalue weighted by molar-refractivity contribution is 7.98. The Morgan fingerprint density at radius 2 is 1.74 bits per heavy atom. The van der Waals surface area contributed by atoms with E-state index in [1.165, 1.54) is 12.5 Å². The summed E-state index contributed by atoms with van der Waals surface area (Å²) in [6.07, 6.45) is 5.52. The van der Waals surface area contributed by atoms with Crippen LogP contribution in [0, 0.1) is 0 Å². The van der Waals surface area contributed by atoms with Crippen molar-refractivity contribution < 1.29 is 24.3 Å². The summed E-state index contributed by atoms with van der Waals surface area (Å²) in [5, 5.41) is 16.5. The number of carboxylic acid groups (broad SMARTS) is 1. The SMILES string of the molecule is CSCCC(N)C(=O)NC(Cc1ccccc1)C(=O)NC(Cc1cnc[nH]1)C(=O)NCC(=O)O. The number of aliphatic carboxylic acids is 1. The van der Waals surface area contributed by atoms with Gasteiger partial charge < -0.3 is 31.8 Å². The molecule has 0 bridgehead atoms. The number of carboxylic acids is 1. The number of thioether (sulfide) groups is 1. The number of hydrogen-bond donors (Lipinski definition) is 6. The van der Waals surface area contributed by atoms with Crippen molar-refractivity contribution in [3.8, 4) is 0 Å². The van der Waals surface area contributed by atoms with E-state index >= 15 is 0 Å². The van der Waals surface area contributed by atoms with Crippen molar-refractivity contribution in [2.24, 2.45) is 5.73 Å². The van der Waals surface area contributed by atoms with Gasteiger partial charge in [-0.15, -0.1) is 0 Å². The summed E-state index contributed by atoms with van der Waals surface area (Å²) in [5.41, 5.74) is 7.34. The Hall–Kier alpha value is -3.38. The Morgan fingerprint density at radius 3 is 2.35 bits per heavy atom. The van der Waals surface area contributed by atoms with Crippen LogP contribution in [-0.4, -0.2) is 75.4 Å². The van der Waals surface area contributed by atoms with Gasteiger partial charge in [0, 0.05) is 24.7 Å². The molecule has 3 atom stereocenters. The van der Waals surface area contributed by atoms with Crippen LogP contribution in [0.5, 0.6) is 0 Å². The molecule has 34 heavy (non-hydrogen) atoms. The summed E-state index contributed by atoms with van der Waals surface area (Å²) in [7, 11) is 0. The minimum absolute atomic E-state index is 0.0520. The Balaban J connectivity index is 2.18. The second-order valence-electron chi connectivity index (χ2n) is 7.59. The second kappa shape index (κ2) is 14.0. The quantitative estimate of drug-likeness (QED) is 0.204. The molecule has 184 valence electrons. The molecule has 11 nitrogen and oxygen atoms in total. The van der Waals surface area contributed by atoms with Crippen molar-refractivity contribution >= 4 is 35.5 Å². The number of rotatable bonds is 14. The fourth-order valence-electron chi connectivity index (χ4n) is 3.10. The maximum atomic E-state index is 13.2. The zero-order valence-electron chi connectivity index (χ0n) is 18.8. The lowest BCUT2D eigenvalue weighted by molar-refractivity contribution is -0.138. The molecule has 1 aromatic carbocycles. The van der Waals surface area contributed by atoms with E-state index < -0.39 is 48.4 Å². The number of imidazole rings is 1. The minimum Gasteiger partial charge on any atom is -0.480 e. The third kappa shape index (κ3) is 9.24. The number of H-pyrrole nitrogens is 1. The second-order valence-corrected chi connectivity index (χ2v) is 8.58. The van der Waals surface area contributed by atoms with Crippen molar-refractivity contribution in [2.45, 2.75) is 37.4 Å². The summed E-state index contributed by atoms with van der Waals surface area (Å²) in [4.78, 5) is 56.0. The number of hydrogen-bond acceptors (Lipinski definition) is 7. The Labute approximate surface area is 201 Å². The zero-order chi connectivity index (χ0) is 24.9. The van der Waals surface area contributed by atoms with Crippen LogP contribution in [0.3, 0.4) is 0 Å². The van der Waals surface area contributed by atoms with Crippen LogP contribution in [0.2, 0.25) is 0 Å². The smallest absolute Gasteiger partial charge is 0.322 e. The lowest BCUT2D eigenvalue weighted by atomic mass is 10.0. The molecular formula is C22H30N6O5S. The van der Waals surface area contributed by atoms with Crippen molar-refractivity contribution in [1.82, 2.24) is 25.9 Å². The highest BCUT2D eigenvalue weighted by Gasteiger charge is 2.29. The van der Waals surface area contributed by atoms with Gasteiger partial charge in [0.2, 0.25) is 17.7 Å². The first-order valence-electron chi connectivity index (χ1n) is 10.7. The number of benzene rings is 1. The molecule has 0 radical (unpaired) electrons. The van der Waals surface area contributed by atoms with Crippen LogP contribution in [0.4, 0.5) is 0 Å². The van der Waals surface area contributed by atoms with Gasteiger partial charge in [-0.1, -0.05) is 30.3 Å². The Bertz CT molecular complexity index is 941. The molecule has 7 N–H and O–H groups in total. The standard InChI is InChI=1S/C22H30N6O5S/c1-34-8-7-16(23)20(31)27-17(9-14-5-3-2-4-6-14)22(33)28-18(10-15-11-24-13-26-15)21(32)25-12-19(29)30/h2-6,11,13,16-18H,7-10,12,23H2,1H3,(H,24,26)(H,25,32)(H,27,31)(H,28,33)(H,29,30). The minimum atomic E-state index is -1.21. The predicted molar refractivity (Wildman–Crippen MR) is 128 cm³/mol. The van der Waals surface area contributed by atoms with E-state index in [4.69, 9.17) is 10.8 Å². The van der Waals surface area contributed by atoms with Crippen molar-refractivity contribution in [2.75, 3.05) is 18.6 Å². The first-order chi connectivity index (χ1) is 16.3. The molecule has 3 amide bonds. The van der Waals surface area contributed by atoms with E-state index in [0.29, 0.717) is 17.9 Å². The highest BCUT2D eigenvalue weighted by atomic mass is 32.2. The van der Waals surface area contributed by atoms with Crippen LogP contribution >= 0.6 is 11.8 Å². The van der Waals surface area contributed by atoms with Crippen LogP contribution in [-0.2, 0) is 32.0 Å². The number of carbonyl (C=O) groups is 4. The maximum Gasteiger partial charge on any atom is 0.322 e. The van der Waals surface area contributed by atoms with Gasteiger partial charge in [-0.25, -0.2) is 4.98 Å². The molecule has 1 aromatic heterocycles. The number of nitrogens with zero attached hydrogens (tertiary/aromatic N) is 1. The summed E-state index contributed by atoms with van der Waals surface area (Å²) in [6.45, 7) is -0.595. The van der Waals surface area contributed by atoms with Crippen LogP contribution < -0.4 is 21.7 Å². The van der Waals surface area contributed by atoms with Gasteiger partial charge in [0.25, 0.3) is 0 Å². The third-order valence-electron chi connectivity index (χ3n) is 4.91. The number of aromatic amines is 1. The third-order valence-corrected chi connectivity index (χ3v) is 5.56. The molecule has 0 saturated carbocycles. The topological polar surface area (TPSA) is 179 Å². The molecule has 0 spiro atoms. The molecule has 0 saturated heterocycles. The summed E-state index contributed by atoms with van der Waals surface area (Å²) >= 11 is 1.56. The molecule has 3 unspecified atom stereocenters. The van der Waals surface area contributed by atoms with Crippen molar-refractivity contribution in [1.29, 1.82) is 0 Å². The zero-order valence-corrected chi connectivity index (χ0v) is 19.6. The van der Waals surface area contributed by atoms with Gasteiger partial charge in [0.1, 0.15) is 18.6 Å². The van der Waals surface area contributed by atoms with Crippen molar-refractivity contribution in [3.63, 3.8) is 0 Å². The summed E-state index contributed by atoms with van der Waals surface area (Å²) in [5.74, 6) is -2.25. The number of nitrogens with two attached hydrogens (primary N) is 1. The molecular weight excluding hydrogens is 460 g/mol. The number of amides is 3. The van der Waals surface area contributed by atoms with Crippen molar-refractivity contribution in [3.05, 3.63) is 54.1 Å². The fourth-order valence-corrected chi connectivity index (χ4v) is 3.59. The van der Waals surface area contributed by atoms with E-state index in [-0.39, 0.29) is 12.8 Å². The van der Waals surface area contributed by atoms with E-state index in [1.807, 2.05) is 36.6 Å². The largest absolute Gasteiger partial charge is 0.480 e. The molecule has 12 heteroatoms. The molecule has 0 aliphatic carbocycles. The Morgan fingerprint density at radius 1 is 1.06 bits per heavy atom. The maximum absolute atomic E-state index is 13.2. The van der Waals surface area contributed by atoms with E-state index in [2.05, 4.69) is 25.9 Å². The predicted octanol–water partition coefficient (Wildman–Crippen LogP) is -0.554. The molecule has 2 rings (SSSR count). The number of nitrogens with one attached hydrogen (secondary N) is 4. The monoisotopic (exact) mass is 490 g/mol. The van der Waals surface area contributed by atoms with Crippen LogP contribution in [0.1, 0.15) is 17.7 Å². The average molecular weight is 491 g/mol. The highest BCUT2D eigenvalue weighted by Crippen LogP contribution is 2.07. The van der Waals surface area contributed by atoms with E-state index in [1.54, 1.807) is 11.8 Å². The van der Waals surface area contributed by atoms with E-state index in [9.17, 15) is 19.2 Å². The van der Waals surface area contributed by atoms with Gasteiger partial charge in [0.05, 0.1) is 12.4 Å².